The molecule has 168 valence electrons. The molecule has 0 bridgehead atoms. The summed E-state index contributed by atoms with van der Waals surface area (Å²) < 4.78 is 5.63. The van der Waals surface area contributed by atoms with Crippen molar-refractivity contribution in [1.29, 1.82) is 0 Å². The zero-order valence-electron chi connectivity index (χ0n) is 18.7. The Morgan fingerprint density at radius 3 is 2.45 bits per heavy atom. The Bertz CT molecular complexity index is 507. The fourth-order valence-corrected chi connectivity index (χ4v) is 5.13. The molecule has 0 aliphatic carbocycles. The van der Waals surface area contributed by atoms with Crippen molar-refractivity contribution >= 4 is 5.96 Å². The molecule has 0 aromatic heterocycles. The predicted molar refractivity (Wildman–Crippen MR) is 118 cm³/mol. The van der Waals surface area contributed by atoms with Crippen molar-refractivity contribution < 1.29 is 9.84 Å². The van der Waals surface area contributed by atoms with Crippen molar-refractivity contribution in [3.8, 4) is 0 Å². The average molecular weight is 410 g/mol. The fourth-order valence-electron chi connectivity index (χ4n) is 5.13. The number of ether oxygens (including phenoxy) is 1. The Kier molecular flexibility index (Phi) is 8.59. The second-order valence-electron chi connectivity index (χ2n) is 9.40. The molecule has 3 rings (SSSR count). The Morgan fingerprint density at radius 2 is 1.83 bits per heavy atom. The van der Waals surface area contributed by atoms with Gasteiger partial charge in [-0.3, -0.25) is 9.89 Å². The SMILES string of the molecule is CCNC(=NCC1(CCO)CCOC1)NCC1(N2CCCCC2)CCN(C)CC1. The number of hydrogen-bond acceptors (Lipinski definition) is 5. The summed E-state index contributed by atoms with van der Waals surface area (Å²) in [5, 5.41) is 16.6. The zero-order chi connectivity index (χ0) is 20.6. The van der Waals surface area contributed by atoms with Gasteiger partial charge in [0.2, 0.25) is 0 Å². The molecular weight excluding hydrogens is 366 g/mol. The van der Waals surface area contributed by atoms with E-state index < -0.39 is 0 Å². The third kappa shape index (κ3) is 6.06. The summed E-state index contributed by atoms with van der Waals surface area (Å²) in [5.41, 5.74) is 0.234. The molecule has 1 atom stereocenters. The third-order valence-corrected chi connectivity index (χ3v) is 7.27. The maximum Gasteiger partial charge on any atom is 0.191 e. The minimum atomic E-state index is -0.00475. The van der Waals surface area contributed by atoms with Crippen LogP contribution in [-0.2, 0) is 4.74 Å². The Balaban J connectivity index is 1.66. The number of likely N-dealkylation sites (tertiary alicyclic amines) is 2. The van der Waals surface area contributed by atoms with Crippen molar-refractivity contribution in [3.63, 3.8) is 0 Å². The number of rotatable bonds is 8. The lowest BCUT2D eigenvalue weighted by Gasteiger charge is -2.50. The van der Waals surface area contributed by atoms with Crippen LogP contribution >= 0.6 is 0 Å². The standard InChI is InChI=1S/C22H43N5O2/c1-3-23-20(24-17-21(9-15-28)10-16-29-19-21)25-18-22(7-13-26(2)14-8-22)27-11-5-4-6-12-27/h28H,3-19H2,1-2H3,(H2,23,24,25). The first-order chi connectivity index (χ1) is 14.1. The van der Waals surface area contributed by atoms with Gasteiger partial charge < -0.3 is 25.4 Å². The van der Waals surface area contributed by atoms with E-state index in [1.807, 2.05) is 0 Å². The van der Waals surface area contributed by atoms with Gasteiger partial charge in [0.05, 0.1) is 13.2 Å². The first-order valence-corrected chi connectivity index (χ1v) is 11.8. The summed E-state index contributed by atoms with van der Waals surface area (Å²) >= 11 is 0. The molecular formula is C22H43N5O2. The molecule has 0 aromatic rings. The lowest BCUT2D eigenvalue weighted by Crippen LogP contribution is -2.62. The van der Waals surface area contributed by atoms with E-state index in [2.05, 4.69) is 34.4 Å². The number of aliphatic hydroxyl groups excluding tert-OH is 1. The summed E-state index contributed by atoms with van der Waals surface area (Å²) in [7, 11) is 2.24. The lowest BCUT2D eigenvalue weighted by atomic mass is 9.84. The maximum absolute atomic E-state index is 9.49. The second kappa shape index (κ2) is 10.9. The number of aliphatic imine (C=N–C) groups is 1. The molecule has 29 heavy (non-hydrogen) atoms. The van der Waals surface area contributed by atoms with Crippen LogP contribution in [0.5, 0.6) is 0 Å². The molecule has 3 N–H and O–H groups in total. The van der Waals surface area contributed by atoms with Crippen LogP contribution in [0.1, 0.15) is 51.9 Å². The van der Waals surface area contributed by atoms with Crippen LogP contribution in [0.4, 0.5) is 0 Å². The normalized spacial score (nSPS) is 29.1. The van der Waals surface area contributed by atoms with Gasteiger partial charge in [0.15, 0.2) is 5.96 Å². The highest BCUT2D eigenvalue weighted by Gasteiger charge is 2.40. The Labute approximate surface area is 177 Å². The minimum Gasteiger partial charge on any atom is -0.396 e. The predicted octanol–water partition coefficient (Wildman–Crippen LogP) is 1.28. The molecule has 3 heterocycles. The van der Waals surface area contributed by atoms with E-state index >= 15 is 0 Å². The maximum atomic E-state index is 9.49. The Hall–Kier alpha value is -0.890. The highest BCUT2D eigenvalue weighted by Crippen LogP contribution is 2.33. The summed E-state index contributed by atoms with van der Waals surface area (Å²) in [6.07, 6.45) is 8.22. The molecule has 3 aliphatic rings. The van der Waals surface area contributed by atoms with Crippen molar-refractivity contribution in [3.05, 3.63) is 0 Å². The van der Waals surface area contributed by atoms with Crippen molar-refractivity contribution in [1.82, 2.24) is 20.4 Å². The van der Waals surface area contributed by atoms with E-state index in [1.54, 1.807) is 0 Å². The number of guanidine groups is 1. The highest BCUT2D eigenvalue weighted by molar-refractivity contribution is 5.79. The quantitative estimate of drug-likeness (QED) is 0.414. The first kappa shape index (κ1) is 22.8. The van der Waals surface area contributed by atoms with E-state index in [1.165, 1.54) is 58.3 Å². The summed E-state index contributed by atoms with van der Waals surface area (Å²) in [6, 6.07) is 0. The van der Waals surface area contributed by atoms with E-state index in [0.717, 1.165) is 38.5 Å². The van der Waals surface area contributed by atoms with Crippen LogP contribution in [0.2, 0.25) is 0 Å². The van der Waals surface area contributed by atoms with Crippen LogP contribution in [0.25, 0.3) is 0 Å². The van der Waals surface area contributed by atoms with E-state index in [9.17, 15) is 5.11 Å². The highest BCUT2D eigenvalue weighted by atomic mass is 16.5. The fraction of sp³-hybridized carbons (Fsp3) is 0.955. The number of piperidine rings is 2. The van der Waals surface area contributed by atoms with Gasteiger partial charge >= 0.3 is 0 Å². The van der Waals surface area contributed by atoms with Crippen LogP contribution in [0, 0.1) is 5.41 Å². The minimum absolute atomic E-state index is 0.00475. The molecule has 3 saturated heterocycles. The van der Waals surface area contributed by atoms with Crippen molar-refractivity contribution in [2.45, 2.75) is 57.4 Å². The van der Waals surface area contributed by atoms with Crippen LogP contribution in [0.3, 0.4) is 0 Å². The van der Waals surface area contributed by atoms with E-state index in [4.69, 9.17) is 9.73 Å². The van der Waals surface area contributed by atoms with Gasteiger partial charge in [0.25, 0.3) is 0 Å². The lowest BCUT2D eigenvalue weighted by molar-refractivity contribution is 0.0173. The number of nitrogens with one attached hydrogen (secondary N) is 2. The first-order valence-electron chi connectivity index (χ1n) is 11.8. The van der Waals surface area contributed by atoms with E-state index in [-0.39, 0.29) is 17.6 Å². The molecule has 3 fully saturated rings. The average Bonchev–Trinajstić information content (AvgIpc) is 3.21. The van der Waals surface area contributed by atoms with Crippen molar-refractivity contribution in [2.24, 2.45) is 10.4 Å². The van der Waals surface area contributed by atoms with Crippen LogP contribution in [0.15, 0.2) is 4.99 Å². The smallest absolute Gasteiger partial charge is 0.191 e. The molecule has 0 amide bonds. The van der Waals surface area contributed by atoms with Gasteiger partial charge in [-0.05, 0) is 78.7 Å². The summed E-state index contributed by atoms with van der Waals surface area (Å²) in [6.45, 7) is 11.1. The zero-order valence-corrected chi connectivity index (χ0v) is 18.7. The van der Waals surface area contributed by atoms with Gasteiger partial charge in [-0.25, -0.2) is 0 Å². The van der Waals surface area contributed by atoms with Crippen LogP contribution < -0.4 is 10.6 Å². The molecule has 3 aliphatic heterocycles. The molecule has 0 aromatic carbocycles. The molecule has 0 radical (unpaired) electrons. The summed E-state index contributed by atoms with van der Waals surface area (Å²) in [4.78, 5) is 10.2. The number of hydrogen-bond donors (Lipinski definition) is 3. The number of nitrogens with zero attached hydrogens (tertiary/aromatic N) is 3. The molecule has 1 unspecified atom stereocenters. The molecule has 7 heteroatoms. The second-order valence-corrected chi connectivity index (χ2v) is 9.40. The summed E-state index contributed by atoms with van der Waals surface area (Å²) in [5.74, 6) is 0.909. The van der Waals surface area contributed by atoms with Crippen molar-refractivity contribution in [2.75, 3.05) is 72.7 Å². The monoisotopic (exact) mass is 409 g/mol. The van der Waals surface area contributed by atoms with Gasteiger partial charge in [-0.15, -0.1) is 0 Å². The Morgan fingerprint density at radius 1 is 1.07 bits per heavy atom. The number of aliphatic hydroxyl groups is 1. The van der Waals surface area contributed by atoms with E-state index in [0.29, 0.717) is 13.2 Å². The molecule has 7 nitrogen and oxygen atoms in total. The van der Waals surface area contributed by atoms with Gasteiger partial charge in [0, 0.05) is 37.3 Å². The third-order valence-electron chi connectivity index (χ3n) is 7.27. The topological polar surface area (TPSA) is 72.4 Å². The van der Waals surface area contributed by atoms with Crippen LogP contribution in [-0.4, -0.2) is 99.1 Å². The largest absolute Gasteiger partial charge is 0.396 e. The molecule has 0 saturated carbocycles. The van der Waals surface area contributed by atoms with Gasteiger partial charge in [0.1, 0.15) is 0 Å². The van der Waals surface area contributed by atoms with Gasteiger partial charge in [-0.1, -0.05) is 6.42 Å². The molecule has 0 spiro atoms. The van der Waals surface area contributed by atoms with Gasteiger partial charge in [-0.2, -0.15) is 0 Å².